The van der Waals surface area contributed by atoms with Gasteiger partial charge in [0.2, 0.25) is 11.8 Å². The van der Waals surface area contributed by atoms with Gasteiger partial charge in [-0.25, -0.2) is 5.43 Å². The van der Waals surface area contributed by atoms with Crippen molar-refractivity contribution in [1.29, 1.82) is 0 Å². The van der Waals surface area contributed by atoms with E-state index in [1.807, 2.05) is 26.0 Å². The van der Waals surface area contributed by atoms with E-state index >= 15 is 0 Å². The van der Waals surface area contributed by atoms with Gasteiger partial charge in [0.25, 0.3) is 0 Å². The molecule has 1 unspecified atom stereocenters. The summed E-state index contributed by atoms with van der Waals surface area (Å²) < 4.78 is 23.2. The maximum Gasteiger partial charge on any atom is 0.303 e. The fraction of sp³-hybridized carbons (Fsp3) is 0.719. The number of aliphatic hydroxyl groups excluding tert-OH is 1. The van der Waals surface area contributed by atoms with Crippen LogP contribution in [0.1, 0.15) is 73.1 Å². The Balaban J connectivity index is 1.26. The van der Waals surface area contributed by atoms with Gasteiger partial charge in [0, 0.05) is 32.5 Å². The van der Waals surface area contributed by atoms with Gasteiger partial charge in [0.1, 0.15) is 23.9 Å². The molecule has 0 saturated carbocycles. The van der Waals surface area contributed by atoms with Crippen molar-refractivity contribution in [2.45, 2.75) is 121 Å². The van der Waals surface area contributed by atoms with Crippen LogP contribution in [0.5, 0.6) is 0 Å². The zero-order chi connectivity index (χ0) is 31.1. The maximum absolute atomic E-state index is 12.8. The highest BCUT2D eigenvalue weighted by molar-refractivity contribution is 5.87. The number of carbonyl (C=O) groups is 3. The number of nitrogens with zero attached hydrogens (tertiary/aromatic N) is 1. The molecule has 240 valence electrons. The van der Waals surface area contributed by atoms with E-state index in [1.165, 1.54) is 13.0 Å². The Morgan fingerprint density at radius 3 is 2.63 bits per heavy atom. The fourth-order valence-corrected chi connectivity index (χ4v) is 6.09. The smallest absolute Gasteiger partial charge is 0.303 e. The van der Waals surface area contributed by atoms with E-state index in [-0.39, 0.29) is 48.5 Å². The van der Waals surface area contributed by atoms with Crippen molar-refractivity contribution < 1.29 is 38.4 Å². The Morgan fingerprint density at radius 2 is 1.95 bits per heavy atom. The molecule has 1 spiro atoms. The number of carbonyl (C=O) groups excluding carboxylic acids is 3. The predicted molar refractivity (Wildman–Crippen MR) is 159 cm³/mol. The molecular formula is C32H49N3O8. The molecule has 2 amide bonds. The zero-order valence-electron chi connectivity index (χ0n) is 26.1. The number of aliphatic hydroxyl groups is 1. The second-order valence-corrected chi connectivity index (χ2v) is 12.5. The van der Waals surface area contributed by atoms with Gasteiger partial charge in [-0.1, -0.05) is 30.7 Å². The van der Waals surface area contributed by atoms with E-state index in [0.29, 0.717) is 26.0 Å². The van der Waals surface area contributed by atoms with Crippen molar-refractivity contribution in [3.8, 4) is 0 Å². The van der Waals surface area contributed by atoms with Crippen molar-refractivity contribution in [3.05, 3.63) is 36.0 Å². The molecule has 4 fully saturated rings. The van der Waals surface area contributed by atoms with Gasteiger partial charge < -0.3 is 29.4 Å². The van der Waals surface area contributed by atoms with Crippen molar-refractivity contribution in [2.75, 3.05) is 19.7 Å². The number of hydrogen-bond acceptors (Lipinski definition) is 9. The number of nitrogens with one attached hydrogen (secondary N) is 2. The van der Waals surface area contributed by atoms with Gasteiger partial charge in [-0.15, -0.1) is 0 Å². The topological polar surface area (TPSA) is 139 Å². The molecule has 11 heteroatoms. The molecule has 4 saturated heterocycles. The number of ether oxygens (including phenoxy) is 4. The van der Waals surface area contributed by atoms with Gasteiger partial charge in [0.05, 0.1) is 37.4 Å². The third-order valence-electron chi connectivity index (χ3n) is 8.74. The molecule has 0 bridgehead atoms. The molecular weight excluding hydrogens is 554 g/mol. The summed E-state index contributed by atoms with van der Waals surface area (Å²) in [6, 6.07) is -0.121. The van der Waals surface area contributed by atoms with Gasteiger partial charge >= 0.3 is 5.97 Å². The van der Waals surface area contributed by atoms with Gasteiger partial charge in [-0.05, 0) is 58.4 Å². The number of hydrazine groups is 1. The molecule has 0 aromatic heterocycles. The van der Waals surface area contributed by atoms with Crippen LogP contribution in [0.4, 0.5) is 0 Å². The number of amides is 2. The standard InChI is InChI=1S/C32H49N3O8/c1-20(8-11-27-21(2)16-26(23(4)42-27)34-29(37)13-10-22(3)41-24(5)36)9-12-28-31(39)32(19-40-32)18-25(43-28)17-30(38)35-15-7-6-14-33-35/h8-10,12-13,21-23,25-28,31,33,39H,6-7,11,14-19H2,1-5H3,(H,34,37)/t21-,22?,23+,25+,26+,27-,28+,31+,32+/m0/s1. The van der Waals surface area contributed by atoms with Crippen LogP contribution in [-0.2, 0) is 33.3 Å². The number of allylic oxidation sites excluding steroid dienone is 2. The Labute approximate surface area is 255 Å². The van der Waals surface area contributed by atoms with Crippen LogP contribution < -0.4 is 10.7 Å². The van der Waals surface area contributed by atoms with Gasteiger partial charge in [-0.3, -0.25) is 19.4 Å². The largest absolute Gasteiger partial charge is 0.459 e. The Kier molecular flexibility index (Phi) is 11.6. The van der Waals surface area contributed by atoms with E-state index < -0.39 is 29.9 Å². The van der Waals surface area contributed by atoms with E-state index in [9.17, 15) is 19.5 Å². The average molecular weight is 604 g/mol. The third kappa shape index (κ3) is 9.46. The molecule has 3 N–H and O–H groups in total. The van der Waals surface area contributed by atoms with Gasteiger partial charge in [-0.2, -0.15) is 0 Å². The van der Waals surface area contributed by atoms with Crippen LogP contribution in [0.2, 0.25) is 0 Å². The van der Waals surface area contributed by atoms with Crippen LogP contribution in [0, 0.1) is 5.92 Å². The summed E-state index contributed by atoms with van der Waals surface area (Å²) in [7, 11) is 0. The number of rotatable bonds is 10. The maximum atomic E-state index is 12.8. The van der Waals surface area contributed by atoms with E-state index in [1.54, 1.807) is 18.0 Å². The SMILES string of the molecule is CC(=O)OC(C)C=CC(=O)N[C@@H]1C[C@H](C)[C@H](CC=C(C)C=C[C@H]2O[C@H](CC(=O)N3CCCCN3)C[C@@]3(CO3)[C@@H]2O)O[C@@H]1C. The molecule has 43 heavy (non-hydrogen) atoms. The van der Waals surface area contributed by atoms with Crippen molar-refractivity contribution >= 4 is 17.8 Å². The molecule has 0 aromatic carbocycles. The lowest BCUT2D eigenvalue weighted by Crippen LogP contribution is -2.52. The minimum atomic E-state index is -0.787. The van der Waals surface area contributed by atoms with E-state index in [2.05, 4.69) is 23.7 Å². The monoisotopic (exact) mass is 603 g/mol. The summed E-state index contributed by atoms with van der Waals surface area (Å²) in [5.74, 6) is -0.401. The predicted octanol–water partition coefficient (Wildman–Crippen LogP) is 2.49. The molecule has 0 radical (unpaired) electrons. The average Bonchev–Trinajstić information content (AvgIpc) is 3.74. The lowest BCUT2D eigenvalue weighted by molar-refractivity contribution is -0.154. The summed E-state index contributed by atoms with van der Waals surface area (Å²) in [6.45, 7) is 11.1. The van der Waals surface area contributed by atoms with Crippen molar-refractivity contribution in [2.24, 2.45) is 5.92 Å². The lowest BCUT2D eigenvalue weighted by Gasteiger charge is -2.39. The number of hydrogen-bond donors (Lipinski definition) is 3. The number of esters is 1. The molecule has 4 aliphatic heterocycles. The van der Waals surface area contributed by atoms with Gasteiger partial charge in [0.15, 0.2) is 0 Å². The molecule has 0 aliphatic carbocycles. The van der Waals surface area contributed by atoms with Crippen LogP contribution in [0.15, 0.2) is 36.0 Å². The summed E-state index contributed by atoms with van der Waals surface area (Å²) in [5, 5.41) is 15.6. The first-order chi connectivity index (χ1) is 20.5. The van der Waals surface area contributed by atoms with Crippen LogP contribution in [0.3, 0.4) is 0 Å². The summed E-state index contributed by atoms with van der Waals surface area (Å²) >= 11 is 0. The Hall–Kier alpha value is -2.57. The third-order valence-corrected chi connectivity index (χ3v) is 8.74. The molecule has 11 nitrogen and oxygen atoms in total. The quantitative estimate of drug-likeness (QED) is 0.149. The van der Waals surface area contributed by atoms with Crippen LogP contribution in [0.25, 0.3) is 0 Å². The van der Waals surface area contributed by atoms with Crippen molar-refractivity contribution in [3.63, 3.8) is 0 Å². The second-order valence-electron chi connectivity index (χ2n) is 12.5. The van der Waals surface area contributed by atoms with E-state index in [4.69, 9.17) is 18.9 Å². The Bertz CT molecular complexity index is 1080. The van der Waals surface area contributed by atoms with Crippen molar-refractivity contribution in [1.82, 2.24) is 15.8 Å². The molecule has 0 aromatic rings. The first kappa shape index (κ1) is 33.3. The zero-order valence-corrected chi connectivity index (χ0v) is 26.1. The van der Waals surface area contributed by atoms with E-state index in [0.717, 1.165) is 31.4 Å². The second kappa shape index (κ2) is 14.9. The highest BCUT2D eigenvalue weighted by Crippen LogP contribution is 2.43. The first-order valence-corrected chi connectivity index (χ1v) is 15.6. The highest BCUT2D eigenvalue weighted by Gasteiger charge is 2.58. The fourth-order valence-electron chi connectivity index (χ4n) is 6.09. The summed E-state index contributed by atoms with van der Waals surface area (Å²) in [6.07, 6.45) is 10.9. The lowest BCUT2D eigenvalue weighted by atomic mass is 9.87. The van der Waals surface area contributed by atoms with Crippen LogP contribution >= 0.6 is 0 Å². The summed E-state index contributed by atoms with van der Waals surface area (Å²) in [4.78, 5) is 36.2. The first-order valence-electron chi connectivity index (χ1n) is 15.6. The molecule has 4 aliphatic rings. The summed E-state index contributed by atoms with van der Waals surface area (Å²) in [5.41, 5.74) is 3.54. The molecule has 4 rings (SSSR count). The molecule has 4 heterocycles. The highest BCUT2D eigenvalue weighted by atomic mass is 16.6. The molecule has 9 atom stereocenters. The minimum absolute atomic E-state index is 0.00415. The normalized spacial score (nSPS) is 35.7. The van der Waals surface area contributed by atoms with Crippen LogP contribution in [-0.4, -0.2) is 95.9 Å². The minimum Gasteiger partial charge on any atom is -0.459 e. The Morgan fingerprint density at radius 1 is 1.19 bits per heavy atom. The number of epoxide rings is 1.